The molecule has 0 bridgehead atoms. The van der Waals surface area contributed by atoms with E-state index in [1.165, 1.54) is 11.1 Å². The second-order valence-electron chi connectivity index (χ2n) is 4.36. The van der Waals surface area contributed by atoms with Gasteiger partial charge in [0.05, 0.1) is 5.75 Å². The Morgan fingerprint density at radius 2 is 2.24 bits per heavy atom. The summed E-state index contributed by atoms with van der Waals surface area (Å²) in [6.45, 7) is 6.19. The van der Waals surface area contributed by atoms with Gasteiger partial charge in [0, 0.05) is 11.8 Å². The predicted octanol–water partition coefficient (Wildman–Crippen LogP) is 3.14. The van der Waals surface area contributed by atoms with Crippen molar-refractivity contribution in [3.05, 3.63) is 35.4 Å². The molecule has 0 spiro atoms. The SMILES string of the molecule is CCC(C)NC(=O)CSCc1cccc(C)c1. The summed E-state index contributed by atoms with van der Waals surface area (Å²) in [5.74, 6) is 1.57. The van der Waals surface area contributed by atoms with E-state index in [4.69, 9.17) is 0 Å². The molecule has 1 unspecified atom stereocenters. The third-order valence-corrected chi connectivity index (χ3v) is 3.61. The van der Waals surface area contributed by atoms with Crippen LogP contribution in [0.1, 0.15) is 31.4 Å². The first-order valence-corrected chi connectivity index (χ1v) is 7.20. The average molecular weight is 251 g/mol. The van der Waals surface area contributed by atoms with Crippen molar-refractivity contribution in [3.8, 4) is 0 Å². The fourth-order valence-corrected chi connectivity index (χ4v) is 2.27. The van der Waals surface area contributed by atoms with Crippen molar-refractivity contribution in [1.82, 2.24) is 5.32 Å². The van der Waals surface area contributed by atoms with Gasteiger partial charge in [0.2, 0.25) is 5.91 Å². The molecule has 0 aromatic heterocycles. The normalized spacial score (nSPS) is 12.2. The number of nitrogens with one attached hydrogen (secondary N) is 1. The van der Waals surface area contributed by atoms with Crippen LogP contribution in [0.25, 0.3) is 0 Å². The van der Waals surface area contributed by atoms with E-state index in [-0.39, 0.29) is 11.9 Å². The molecule has 94 valence electrons. The van der Waals surface area contributed by atoms with Crippen molar-refractivity contribution in [1.29, 1.82) is 0 Å². The minimum atomic E-state index is 0.136. The van der Waals surface area contributed by atoms with Crippen LogP contribution in [0, 0.1) is 6.92 Å². The monoisotopic (exact) mass is 251 g/mol. The summed E-state index contributed by atoms with van der Waals surface area (Å²) in [5.41, 5.74) is 2.55. The molecule has 1 atom stereocenters. The van der Waals surface area contributed by atoms with E-state index < -0.39 is 0 Å². The summed E-state index contributed by atoms with van der Waals surface area (Å²) in [7, 11) is 0. The quantitative estimate of drug-likeness (QED) is 0.841. The lowest BCUT2D eigenvalue weighted by molar-refractivity contribution is -0.119. The molecular weight excluding hydrogens is 230 g/mol. The van der Waals surface area contributed by atoms with E-state index in [0.717, 1.165) is 12.2 Å². The zero-order valence-corrected chi connectivity index (χ0v) is 11.6. The summed E-state index contributed by atoms with van der Waals surface area (Å²) in [6, 6.07) is 8.70. The molecule has 0 aliphatic rings. The summed E-state index contributed by atoms with van der Waals surface area (Å²) in [6.07, 6.45) is 0.980. The molecule has 0 heterocycles. The molecule has 1 aromatic carbocycles. The van der Waals surface area contributed by atoms with Crippen molar-refractivity contribution in [3.63, 3.8) is 0 Å². The molecule has 0 saturated heterocycles. The maximum absolute atomic E-state index is 11.5. The van der Waals surface area contributed by atoms with Crippen molar-refractivity contribution in [2.45, 2.75) is 39.0 Å². The van der Waals surface area contributed by atoms with Gasteiger partial charge in [-0.25, -0.2) is 0 Å². The van der Waals surface area contributed by atoms with E-state index in [2.05, 4.69) is 43.4 Å². The van der Waals surface area contributed by atoms with Crippen molar-refractivity contribution < 1.29 is 4.79 Å². The highest BCUT2D eigenvalue weighted by Crippen LogP contribution is 2.13. The molecule has 1 rings (SSSR count). The van der Waals surface area contributed by atoms with Gasteiger partial charge in [0.25, 0.3) is 0 Å². The number of amides is 1. The number of carbonyl (C=O) groups is 1. The molecule has 0 aliphatic carbocycles. The molecule has 1 N–H and O–H groups in total. The number of rotatable bonds is 6. The first kappa shape index (κ1) is 14.1. The molecule has 0 fully saturated rings. The zero-order chi connectivity index (χ0) is 12.7. The molecule has 0 saturated carbocycles. The number of carbonyl (C=O) groups excluding carboxylic acids is 1. The Hall–Kier alpha value is -0.960. The van der Waals surface area contributed by atoms with Crippen LogP contribution in [-0.4, -0.2) is 17.7 Å². The Balaban J connectivity index is 2.26. The third-order valence-electron chi connectivity index (χ3n) is 2.60. The molecule has 1 aromatic rings. The van der Waals surface area contributed by atoms with Gasteiger partial charge in [-0.3, -0.25) is 4.79 Å². The Morgan fingerprint density at radius 1 is 1.47 bits per heavy atom. The van der Waals surface area contributed by atoms with Gasteiger partial charge >= 0.3 is 0 Å². The van der Waals surface area contributed by atoms with Gasteiger partial charge in [-0.15, -0.1) is 11.8 Å². The first-order chi connectivity index (χ1) is 8.11. The van der Waals surface area contributed by atoms with E-state index >= 15 is 0 Å². The largest absolute Gasteiger partial charge is 0.353 e. The Bertz CT molecular complexity index is 365. The number of benzene rings is 1. The second-order valence-corrected chi connectivity index (χ2v) is 5.34. The highest BCUT2D eigenvalue weighted by atomic mass is 32.2. The highest BCUT2D eigenvalue weighted by Gasteiger charge is 2.05. The molecule has 0 radical (unpaired) electrons. The van der Waals surface area contributed by atoms with Crippen LogP contribution in [0.2, 0.25) is 0 Å². The van der Waals surface area contributed by atoms with Crippen molar-refractivity contribution in [2.75, 3.05) is 5.75 Å². The van der Waals surface area contributed by atoms with E-state index in [9.17, 15) is 4.79 Å². The van der Waals surface area contributed by atoms with Gasteiger partial charge in [-0.1, -0.05) is 36.8 Å². The number of thioether (sulfide) groups is 1. The standard InChI is InChI=1S/C14H21NOS/c1-4-12(3)15-14(16)10-17-9-13-7-5-6-11(2)8-13/h5-8,12H,4,9-10H2,1-3H3,(H,15,16). The first-order valence-electron chi connectivity index (χ1n) is 6.04. The summed E-state index contributed by atoms with van der Waals surface area (Å²) in [5, 5.41) is 2.97. The van der Waals surface area contributed by atoms with Crippen LogP contribution in [0.5, 0.6) is 0 Å². The maximum Gasteiger partial charge on any atom is 0.230 e. The molecule has 3 heteroatoms. The van der Waals surface area contributed by atoms with E-state index in [0.29, 0.717) is 5.75 Å². The van der Waals surface area contributed by atoms with Gasteiger partial charge < -0.3 is 5.32 Å². The zero-order valence-electron chi connectivity index (χ0n) is 10.8. The Morgan fingerprint density at radius 3 is 2.88 bits per heavy atom. The lowest BCUT2D eigenvalue weighted by atomic mass is 10.2. The minimum Gasteiger partial charge on any atom is -0.353 e. The minimum absolute atomic E-state index is 0.136. The fraction of sp³-hybridized carbons (Fsp3) is 0.500. The van der Waals surface area contributed by atoms with Crippen LogP contribution in [-0.2, 0) is 10.5 Å². The Labute approximate surface area is 108 Å². The number of hydrogen-bond donors (Lipinski definition) is 1. The van der Waals surface area contributed by atoms with Gasteiger partial charge in [-0.05, 0) is 25.8 Å². The summed E-state index contributed by atoms with van der Waals surface area (Å²) in [4.78, 5) is 11.5. The smallest absolute Gasteiger partial charge is 0.230 e. The fourth-order valence-electron chi connectivity index (χ4n) is 1.48. The number of aryl methyl sites for hydroxylation is 1. The van der Waals surface area contributed by atoms with Crippen molar-refractivity contribution >= 4 is 17.7 Å². The summed E-state index contributed by atoms with van der Waals surface area (Å²) < 4.78 is 0. The third kappa shape index (κ3) is 5.78. The highest BCUT2D eigenvalue weighted by molar-refractivity contribution is 7.99. The maximum atomic E-state index is 11.5. The van der Waals surface area contributed by atoms with E-state index in [1.54, 1.807) is 11.8 Å². The van der Waals surface area contributed by atoms with Crippen molar-refractivity contribution in [2.24, 2.45) is 0 Å². The lowest BCUT2D eigenvalue weighted by Gasteiger charge is -2.10. The van der Waals surface area contributed by atoms with Gasteiger partial charge in [0.1, 0.15) is 0 Å². The molecule has 17 heavy (non-hydrogen) atoms. The number of hydrogen-bond acceptors (Lipinski definition) is 2. The summed E-state index contributed by atoms with van der Waals surface area (Å²) >= 11 is 1.66. The molecular formula is C14H21NOS. The van der Waals surface area contributed by atoms with Crippen LogP contribution < -0.4 is 5.32 Å². The van der Waals surface area contributed by atoms with Crippen LogP contribution in [0.15, 0.2) is 24.3 Å². The van der Waals surface area contributed by atoms with E-state index in [1.807, 2.05) is 6.92 Å². The van der Waals surface area contributed by atoms with Gasteiger partial charge in [0.15, 0.2) is 0 Å². The molecule has 0 aliphatic heterocycles. The second kappa shape index (κ2) is 7.38. The van der Waals surface area contributed by atoms with Crippen LogP contribution >= 0.6 is 11.8 Å². The molecule has 2 nitrogen and oxygen atoms in total. The van der Waals surface area contributed by atoms with Gasteiger partial charge in [-0.2, -0.15) is 0 Å². The van der Waals surface area contributed by atoms with Crippen LogP contribution in [0.3, 0.4) is 0 Å². The lowest BCUT2D eigenvalue weighted by Crippen LogP contribution is -2.33. The average Bonchev–Trinajstić information content (AvgIpc) is 2.29. The predicted molar refractivity (Wildman–Crippen MR) is 75.2 cm³/mol. The Kier molecular flexibility index (Phi) is 6.12. The van der Waals surface area contributed by atoms with Crippen LogP contribution in [0.4, 0.5) is 0 Å². The molecule has 1 amide bonds. The topological polar surface area (TPSA) is 29.1 Å².